The quantitative estimate of drug-likeness (QED) is 0.941. The molecule has 0 unspecified atom stereocenters. The van der Waals surface area contributed by atoms with Gasteiger partial charge in [-0.1, -0.05) is 44.5 Å². The summed E-state index contributed by atoms with van der Waals surface area (Å²) in [5.74, 6) is 0. The largest absolute Gasteiger partial charge is 0.324 e. The molecule has 7 heteroatoms. The van der Waals surface area contributed by atoms with Gasteiger partial charge in [-0.05, 0) is 23.1 Å². The van der Waals surface area contributed by atoms with Crippen LogP contribution in [0.4, 0.5) is 5.69 Å². The molecule has 1 aromatic heterocycles. The number of hydrogen-bond acceptors (Lipinski definition) is 3. The lowest BCUT2D eigenvalue weighted by atomic mass is 9.87. The zero-order chi connectivity index (χ0) is 15.8. The van der Waals surface area contributed by atoms with E-state index in [-0.39, 0.29) is 15.6 Å². The summed E-state index contributed by atoms with van der Waals surface area (Å²) in [6.07, 6.45) is 1.36. The number of nitrogens with zero attached hydrogens (tertiary/aromatic N) is 2. The van der Waals surface area contributed by atoms with Crippen LogP contribution in [0, 0.1) is 0 Å². The number of imidazole rings is 1. The van der Waals surface area contributed by atoms with Crippen LogP contribution >= 0.6 is 11.6 Å². The summed E-state index contributed by atoms with van der Waals surface area (Å²) >= 11 is 5.93. The number of anilines is 1. The summed E-state index contributed by atoms with van der Waals surface area (Å²) in [4.78, 5) is 3.82. The van der Waals surface area contributed by atoms with Crippen molar-refractivity contribution in [2.45, 2.75) is 31.2 Å². The molecule has 1 heterocycles. The fraction of sp³-hybridized carbons (Fsp3) is 0.357. The van der Waals surface area contributed by atoms with E-state index in [9.17, 15) is 8.42 Å². The van der Waals surface area contributed by atoms with Gasteiger partial charge in [-0.25, -0.2) is 4.98 Å². The van der Waals surface area contributed by atoms with Crippen molar-refractivity contribution in [3.8, 4) is 0 Å². The normalized spacial score (nSPS) is 12.4. The summed E-state index contributed by atoms with van der Waals surface area (Å²) in [6, 6.07) is 7.26. The van der Waals surface area contributed by atoms with Gasteiger partial charge < -0.3 is 4.57 Å². The van der Waals surface area contributed by atoms with E-state index in [1.807, 2.05) is 12.1 Å². The van der Waals surface area contributed by atoms with E-state index in [2.05, 4.69) is 30.5 Å². The Kier molecular flexibility index (Phi) is 4.04. The van der Waals surface area contributed by atoms with Crippen molar-refractivity contribution >= 4 is 27.3 Å². The molecule has 0 amide bonds. The van der Waals surface area contributed by atoms with Crippen LogP contribution in [-0.4, -0.2) is 18.0 Å². The zero-order valence-electron chi connectivity index (χ0n) is 12.4. The third-order valence-electron chi connectivity index (χ3n) is 3.09. The number of hydrogen-bond donors (Lipinski definition) is 1. The van der Waals surface area contributed by atoms with Crippen LogP contribution in [0.25, 0.3) is 0 Å². The third kappa shape index (κ3) is 3.39. The molecule has 0 atom stereocenters. The SMILES string of the molecule is Cn1cnc(S(=O)(=O)Nc2ccc(C(C)(C)C)cc2)c1Cl. The smallest absolute Gasteiger partial charge is 0.282 e. The van der Waals surface area contributed by atoms with Crippen molar-refractivity contribution < 1.29 is 8.42 Å². The van der Waals surface area contributed by atoms with E-state index in [4.69, 9.17) is 11.6 Å². The molecule has 1 aromatic carbocycles. The molecule has 0 bridgehead atoms. The molecule has 2 rings (SSSR count). The molecule has 0 saturated heterocycles. The molecule has 0 aliphatic heterocycles. The Hall–Kier alpha value is -1.53. The van der Waals surface area contributed by atoms with Gasteiger partial charge >= 0.3 is 0 Å². The Bertz CT molecular complexity index is 744. The number of benzene rings is 1. The molecule has 1 N–H and O–H groups in total. The Morgan fingerprint density at radius 3 is 2.19 bits per heavy atom. The second-order valence-corrected chi connectivity index (χ2v) is 7.84. The highest BCUT2D eigenvalue weighted by atomic mass is 35.5. The Morgan fingerprint density at radius 2 is 1.76 bits per heavy atom. The van der Waals surface area contributed by atoms with E-state index < -0.39 is 10.0 Å². The number of aryl methyl sites for hydroxylation is 1. The fourth-order valence-corrected chi connectivity index (χ4v) is 3.31. The van der Waals surface area contributed by atoms with Gasteiger partial charge in [0.15, 0.2) is 0 Å². The molecule has 0 radical (unpaired) electrons. The van der Waals surface area contributed by atoms with E-state index in [0.717, 1.165) is 5.56 Å². The van der Waals surface area contributed by atoms with Gasteiger partial charge in [0.05, 0.1) is 6.33 Å². The topological polar surface area (TPSA) is 64.0 Å². The van der Waals surface area contributed by atoms with Gasteiger partial charge in [-0.2, -0.15) is 8.42 Å². The van der Waals surface area contributed by atoms with Gasteiger partial charge in [-0.3, -0.25) is 4.72 Å². The van der Waals surface area contributed by atoms with Crippen LogP contribution in [0.15, 0.2) is 35.6 Å². The number of nitrogens with one attached hydrogen (secondary N) is 1. The van der Waals surface area contributed by atoms with Crippen molar-refractivity contribution in [1.82, 2.24) is 9.55 Å². The molecule has 5 nitrogen and oxygen atoms in total. The lowest BCUT2D eigenvalue weighted by Gasteiger charge is -2.19. The highest BCUT2D eigenvalue weighted by Gasteiger charge is 2.22. The second-order valence-electron chi connectivity index (χ2n) is 5.88. The Morgan fingerprint density at radius 1 is 1.19 bits per heavy atom. The molecule has 2 aromatic rings. The molecule has 114 valence electrons. The van der Waals surface area contributed by atoms with Gasteiger partial charge in [0, 0.05) is 12.7 Å². The predicted molar refractivity (Wildman–Crippen MR) is 84.2 cm³/mol. The van der Waals surface area contributed by atoms with Gasteiger partial charge in [0.2, 0.25) is 5.03 Å². The first-order chi connectivity index (χ1) is 9.61. The van der Waals surface area contributed by atoms with Gasteiger partial charge in [0.1, 0.15) is 5.15 Å². The molecule has 0 saturated carbocycles. The highest BCUT2D eigenvalue weighted by Crippen LogP contribution is 2.25. The maximum atomic E-state index is 12.2. The molecule has 21 heavy (non-hydrogen) atoms. The fourth-order valence-electron chi connectivity index (χ4n) is 1.82. The maximum absolute atomic E-state index is 12.2. The Labute approximate surface area is 130 Å². The van der Waals surface area contributed by atoms with Crippen LogP contribution in [0.3, 0.4) is 0 Å². The minimum atomic E-state index is -3.79. The van der Waals surface area contributed by atoms with Crippen molar-refractivity contribution in [3.63, 3.8) is 0 Å². The van der Waals surface area contributed by atoms with Crippen LogP contribution in [0.1, 0.15) is 26.3 Å². The Balaban J connectivity index is 2.27. The summed E-state index contributed by atoms with van der Waals surface area (Å²) < 4.78 is 28.4. The average molecular weight is 328 g/mol. The zero-order valence-corrected chi connectivity index (χ0v) is 14.0. The number of rotatable bonds is 3. The summed E-state index contributed by atoms with van der Waals surface area (Å²) in [6.45, 7) is 6.29. The van der Waals surface area contributed by atoms with Crippen LogP contribution in [0.5, 0.6) is 0 Å². The van der Waals surface area contributed by atoms with Crippen molar-refractivity contribution in [3.05, 3.63) is 41.3 Å². The van der Waals surface area contributed by atoms with E-state index >= 15 is 0 Å². The summed E-state index contributed by atoms with van der Waals surface area (Å²) in [5, 5.41) is -0.0969. The first kappa shape index (κ1) is 15.9. The number of halogens is 1. The predicted octanol–water partition coefficient (Wildman–Crippen LogP) is 3.17. The van der Waals surface area contributed by atoms with E-state index in [1.165, 1.54) is 10.9 Å². The average Bonchev–Trinajstić information content (AvgIpc) is 2.69. The molecule has 0 aliphatic rings. The standard InChI is InChI=1S/C14H18ClN3O2S/c1-14(2,3)10-5-7-11(8-6-10)17-21(19,20)13-12(15)18(4)9-16-13/h5-9,17H,1-4H3. The molecular formula is C14H18ClN3O2S. The van der Waals surface area contributed by atoms with Crippen LogP contribution < -0.4 is 4.72 Å². The minimum absolute atomic E-state index is 0.0156. The summed E-state index contributed by atoms with van der Waals surface area (Å²) in [7, 11) is -2.15. The van der Waals surface area contributed by atoms with Crippen molar-refractivity contribution in [2.75, 3.05) is 4.72 Å². The molecule has 0 aliphatic carbocycles. The lowest BCUT2D eigenvalue weighted by molar-refractivity contribution is 0.590. The molecule has 0 spiro atoms. The first-order valence-corrected chi connectivity index (χ1v) is 8.27. The van der Waals surface area contributed by atoms with E-state index in [0.29, 0.717) is 5.69 Å². The lowest BCUT2D eigenvalue weighted by Crippen LogP contribution is -2.15. The maximum Gasteiger partial charge on any atom is 0.282 e. The van der Waals surface area contributed by atoms with Crippen LogP contribution in [-0.2, 0) is 22.5 Å². The molecule has 0 fully saturated rings. The van der Waals surface area contributed by atoms with Crippen molar-refractivity contribution in [2.24, 2.45) is 7.05 Å². The minimum Gasteiger partial charge on any atom is -0.324 e. The highest BCUT2D eigenvalue weighted by molar-refractivity contribution is 7.92. The van der Waals surface area contributed by atoms with Gasteiger partial charge in [-0.15, -0.1) is 0 Å². The van der Waals surface area contributed by atoms with Gasteiger partial charge in [0.25, 0.3) is 10.0 Å². The van der Waals surface area contributed by atoms with Crippen LogP contribution in [0.2, 0.25) is 5.15 Å². The van der Waals surface area contributed by atoms with Crippen molar-refractivity contribution in [1.29, 1.82) is 0 Å². The number of sulfonamides is 1. The number of aromatic nitrogens is 2. The summed E-state index contributed by atoms with van der Waals surface area (Å²) in [5.41, 5.74) is 1.62. The first-order valence-electron chi connectivity index (χ1n) is 6.41. The monoisotopic (exact) mass is 327 g/mol. The second kappa shape index (κ2) is 5.35. The molecular weight excluding hydrogens is 310 g/mol. The van der Waals surface area contributed by atoms with E-state index in [1.54, 1.807) is 19.2 Å². The third-order valence-corrected chi connectivity index (χ3v) is 4.96.